The zero-order valence-corrected chi connectivity index (χ0v) is 15.0. The third kappa shape index (κ3) is 7.06. The molecular formula is C15H10BrF6N3O3. The van der Waals surface area contributed by atoms with Crippen LogP contribution in [0.5, 0.6) is 0 Å². The molecule has 13 heteroatoms. The molecule has 28 heavy (non-hydrogen) atoms. The SMILES string of the molecule is NC(=O)c1ccc(Nc2ccc(Br)cc2C(F)(F)F)cn1.O=C(O)C(F)(F)F. The van der Waals surface area contributed by atoms with Gasteiger partial charge in [-0.05, 0) is 30.3 Å². The van der Waals surface area contributed by atoms with Crippen LogP contribution in [0.3, 0.4) is 0 Å². The number of amides is 1. The molecular weight excluding hydrogens is 464 g/mol. The molecule has 0 saturated carbocycles. The van der Waals surface area contributed by atoms with Gasteiger partial charge in [0.05, 0.1) is 23.1 Å². The van der Waals surface area contributed by atoms with Crippen LogP contribution in [0.25, 0.3) is 0 Å². The fourth-order valence-corrected chi connectivity index (χ4v) is 1.99. The number of primary amides is 1. The molecule has 0 saturated heterocycles. The van der Waals surface area contributed by atoms with Gasteiger partial charge in [-0.25, -0.2) is 9.78 Å². The maximum Gasteiger partial charge on any atom is 0.490 e. The van der Waals surface area contributed by atoms with Gasteiger partial charge in [0.2, 0.25) is 0 Å². The normalized spacial score (nSPS) is 11.2. The Bertz CT molecular complexity index is 854. The van der Waals surface area contributed by atoms with E-state index < -0.39 is 29.8 Å². The highest BCUT2D eigenvalue weighted by molar-refractivity contribution is 9.10. The summed E-state index contributed by atoms with van der Waals surface area (Å²) in [7, 11) is 0. The second kappa shape index (κ2) is 8.91. The minimum absolute atomic E-state index is 0.0346. The van der Waals surface area contributed by atoms with Crippen LogP contribution in [0.1, 0.15) is 16.1 Å². The zero-order chi connectivity index (χ0) is 21.7. The van der Waals surface area contributed by atoms with Crippen molar-refractivity contribution >= 4 is 39.2 Å². The molecule has 0 unspecified atom stereocenters. The Labute approximate surface area is 161 Å². The van der Waals surface area contributed by atoms with E-state index >= 15 is 0 Å². The molecule has 0 fully saturated rings. The van der Waals surface area contributed by atoms with E-state index in [1.807, 2.05) is 0 Å². The highest BCUT2D eigenvalue weighted by Crippen LogP contribution is 2.37. The second-order valence-electron chi connectivity index (χ2n) is 4.91. The van der Waals surface area contributed by atoms with Crippen molar-refractivity contribution in [2.24, 2.45) is 5.73 Å². The first-order valence-corrected chi connectivity index (χ1v) is 7.71. The van der Waals surface area contributed by atoms with Crippen molar-refractivity contribution in [2.45, 2.75) is 12.4 Å². The summed E-state index contributed by atoms with van der Waals surface area (Å²) in [5.41, 5.74) is 4.46. The number of halogens is 7. The molecule has 0 spiro atoms. The summed E-state index contributed by atoms with van der Waals surface area (Å²) in [6, 6.07) is 6.53. The van der Waals surface area contributed by atoms with Gasteiger partial charge in [0.25, 0.3) is 5.91 Å². The quantitative estimate of drug-likeness (QED) is 0.575. The average Bonchev–Trinajstić information content (AvgIpc) is 2.55. The number of aliphatic carboxylic acids is 1. The first kappa shape index (κ1) is 23.2. The number of nitrogens with two attached hydrogens (primary N) is 1. The Morgan fingerprint density at radius 1 is 1.07 bits per heavy atom. The Kier molecular flexibility index (Phi) is 7.38. The van der Waals surface area contributed by atoms with Crippen molar-refractivity contribution in [3.8, 4) is 0 Å². The van der Waals surface area contributed by atoms with Crippen LogP contribution < -0.4 is 11.1 Å². The Hall–Kier alpha value is -2.83. The van der Waals surface area contributed by atoms with E-state index in [4.69, 9.17) is 15.6 Å². The van der Waals surface area contributed by atoms with Crippen LogP contribution in [0.4, 0.5) is 37.7 Å². The van der Waals surface area contributed by atoms with Gasteiger partial charge in [-0.15, -0.1) is 0 Å². The molecule has 2 rings (SSSR count). The molecule has 1 aromatic heterocycles. The van der Waals surface area contributed by atoms with E-state index in [2.05, 4.69) is 26.2 Å². The first-order valence-electron chi connectivity index (χ1n) is 6.91. The number of carbonyl (C=O) groups excluding carboxylic acids is 1. The topological polar surface area (TPSA) is 105 Å². The fraction of sp³-hybridized carbons (Fsp3) is 0.133. The number of carboxylic acids is 1. The summed E-state index contributed by atoms with van der Waals surface area (Å²) in [6.07, 6.45) is -8.34. The van der Waals surface area contributed by atoms with Gasteiger partial charge in [0.1, 0.15) is 5.69 Å². The number of benzene rings is 1. The maximum absolute atomic E-state index is 13.0. The van der Waals surface area contributed by atoms with Crippen molar-refractivity contribution in [1.82, 2.24) is 4.98 Å². The van der Waals surface area contributed by atoms with Crippen LogP contribution in [0.15, 0.2) is 41.0 Å². The first-order chi connectivity index (χ1) is 12.7. The van der Waals surface area contributed by atoms with Gasteiger partial charge < -0.3 is 16.2 Å². The van der Waals surface area contributed by atoms with E-state index in [0.29, 0.717) is 10.2 Å². The average molecular weight is 474 g/mol. The third-order valence-corrected chi connectivity index (χ3v) is 3.32. The Morgan fingerprint density at radius 2 is 1.64 bits per heavy atom. The van der Waals surface area contributed by atoms with Crippen LogP contribution in [0.2, 0.25) is 0 Å². The van der Waals surface area contributed by atoms with Gasteiger partial charge in [-0.3, -0.25) is 4.79 Å². The molecule has 0 aliphatic heterocycles. The molecule has 0 atom stereocenters. The fourth-order valence-electron chi connectivity index (χ4n) is 1.63. The summed E-state index contributed by atoms with van der Waals surface area (Å²) >= 11 is 3.01. The van der Waals surface area contributed by atoms with E-state index in [-0.39, 0.29) is 11.4 Å². The number of anilines is 2. The molecule has 4 N–H and O–H groups in total. The predicted octanol–water partition coefficient (Wildman–Crippen LogP) is 4.34. The number of nitrogens with zero attached hydrogens (tertiary/aromatic N) is 1. The number of rotatable bonds is 3. The van der Waals surface area contributed by atoms with Crippen molar-refractivity contribution in [3.63, 3.8) is 0 Å². The molecule has 6 nitrogen and oxygen atoms in total. The Balaban J connectivity index is 0.000000480. The number of hydrogen-bond acceptors (Lipinski definition) is 4. The van der Waals surface area contributed by atoms with Gasteiger partial charge in [-0.1, -0.05) is 15.9 Å². The predicted molar refractivity (Wildman–Crippen MR) is 88.9 cm³/mol. The van der Waals surface area contributed by atoms with Gasteiger partial charge in [0, 0.05) is 4.47 Å². The highest BCUT2D eigenvalue weighted by atomic mass is 79.9. The van der Waals surface area contributed by atoms with E-state index in [1.54, 1.807) is 0 Å². The number of carbonyl (C=O) groups is 2. The molecule has 1 heterocycles. The summed E-state index contributed by atoms with van der Waals surface area (Å²) in [5.74, 6) is -3.46. The van der Waals surface area contributed by atoms with Crippen molar-refractivity contribution in [2.75, 3.05) is 5.32 Å². The third-order valence-electron chi connectivity index (χ3n) is 2.82. The molecule has 0 aliphatic rings. The second-order valence-corrected chi connectivity index (χ2v) is 5.83. The van der Waals surface area contributed by atoms with Crippen LogP contribution in [-0.4, -0.2) is 28.1 Å². The van der Waals surface area contributed by atoms with E-state index in [9.17, 15) is 31.1 Å². The largest absolute Gasteiger partial charge is 0.490 e. The lowest BCUT2D eigenvalue weighted by molar-refractivity contribution is -0.192. The van der Waals surface area contributed by atoms with Gasteiger partial charge >= 0.3 is 18.3 Å². The smallest absolute Gasteiger partial charge is 0.475 e. The minimum Gasteiger partial charge on any atom is -0.475 e. The van der Waals surface area contributed by atoms with E-state index in [0.717, 1.165) is 6.07 Å². The van der Waals surface area contributed by atoms with Crippen molar-refractivity contribution in [1.29, 1.82) is 0 Å². The number of carboxylic acid groups (broad SMARTS) is 1. The molecule has 0 bridgehead atoms. The molecule has 2 aromatic rings. The lowest BCUT2D eigenvalue weighted by Gasteiger charge is -2.15. The summed E-state index contributed by atoms with van der Waals surface area (Å²) in [6.45, 7) is 0. The van der Waals surface area contributed by atoms with E-state index in [1.165, 1.54) is 30.5 Å². The van der Waals surface area contributed by atoms with Gasteiger partial charge in [-0.2, -0.15) is 26.3 Å². The zero-order valence-electron chi connectivity index (χ0n) is 13.4. The molecule has 152 valence electrons. The summed E-state index contributed by atoms with van der Waals surface area (Å²) in [4.78, 5) is 23.5. The van der Waals surface area contributed by atoms with Crippen LogP contribution >= 0.6 is 15.9 Å². The lowest BCUT2D eigenvalue weighted by atomic mass is 10.1. The van der Waals surface area contributed by atoms with Crippen LogP contribution in [0, 0.1) is 0 Å². The van der Waals surface area contributed by atoms with Gasteiger partial charge in [0.15, 0.2) is 0 Å². The molecule has 1 amide bonds. The molecule has 1 aromatic carbocycles. The minimum atomic E-state index is -5.08. The number of hydrogen-bond donors (Lipinski definition) is 3. The van der Waals surface area contributed by atoms with Crippen molar-refractivity contribution < 1.29 is 41.0 Å². The number of pyridine rings is 1. The highest BCUT2D eigenvalue weighted by Gasteiger charge is 2.38. The molecule has 0 aliphatic carbocycles. The summed E-state index contributed by atoms with van der Waals surface area (Å²) < 4.78 is 70.9. The number of alkyl halides is 6. The monoisotopic (exact) mass is 473 g/mol. The Morgan fingerprint density at radius 3 is 2.04 bits per heavy atom. The number of nitrogens with one attached hydrogen (secondary N) is 1. The molecule has 0 radical (unpaired) electrons. The van der Waals surface area contributed by atoms with Crippen molar-refractivity contribution in [3.05, 3.63) is 52.3 Å². The standard InChI is InChI=1S/C13H9BrF3N3O.C2HF3O2/c14-7-1-3-10(9(5-7)13(15,16)17)20-8-2-4-11(12(18)21)19-6-8;3-2(4,5)1(6)7/h1-6,20H,(H2,18,21);(H,6,7). The lowest BCUT2D eigenvalue weighted by Crippen LogP contribution is -2.21. The maximum atomic E-state index is 13.0. The number of aromatic nitrogens is 1. The summed E-state index contributed by atoms with van der Waals surface area (Å²) in [5, 5.41) is 9.74. The van der Waals surface area contributed by atoms with Crippen LogP contribution in [-0.2, 0) is 11.0 Å².